The zero-order valence-corrected chi connectivity index (χ0v) is 16.1. The number of methoxy groups -OCH3 is 3. The fourth-order valence-corrected chi connectivity index (χ4v) is 3.11. The van der Waals surface area contributed by atoms with Crippen molar-refractivity contribution in [2.24, 2.45) is 0 Å². The van der Waals surface area contributed by atoms with E-state index >= 15 is 0 Å². The average Bonchev–Trinajstić information content (AvgIpc) is 2.68. The van der Waals surface area contributed by atoms with Crippen LogP contribution in [-0.2, 0) is 0 Å². The smallest absolute Gasteiger partial charge is 0.162 e. The SMILES string of the molecule is COc1cc(Nc2c(C#N)cnc3cc(OC)c(OC)cc23)c(Cl)cc1C. The highest BCUT2D eigenvalue weighted by atomic mass is 35.5. The third-order valence-electron chi connectivity index (χ3n) is 4.24. The van der Waals surface area contributed by atoms with E-state index in [9.17, 15) is 5.26 Å². The van der Waals surface area contributed by atoms with Crippen LogP contribution in [0.2, 0.25) is 5.02 Å². The van der Waals surface area contributed by atoms with Crippen molar-refractivity contribution in [1.29, 1.82) is 5.26 Å². The lowest BCUT2D eigenvalue weighted by Crippen LogP contribution is -2.00. The van der Waals surface area contributed by atoms with E-state index in [4.69, 9.17) is 25.8 Å². The molecule has 0 saturated heterocycles. The monoisotopic (exact) mass is 383 g/mol. The Bertz CT molecular complexity index is 1060. The molecule has 0 saturated carbocycles. The second-order valence-corrected chi connectivity index (χ2v) is 6.22. The van der Waals surface area contributed by atoms with E-state index in [-0.39, 0.29) is 0 Å². The molecule has 3 rings (SSSR count). The minimum absolute atomic E-state index is 0.380. The van der Waals surface area contributed by atoms with Gasteiger partial charge in [-0.3, -0.25) is 4.98 Å². The van der Waals surface area contributed by atoms with Gasteiger partial charge in [0.25, 0.3) is 0 Å². The minimum atomic E-state index is 0.380. The predicted molar refractivity (Wildman–Crippen MR) is 106 cm³/mol. The van der Waals surface area contributed by atoms with Crippen LogP contribution in [0.15, 0.2) is 30.5 Å². The third kappa shape index (κ3) is 3.42. The van der Waals surface area contributed by atoms with Crippen LogP contribution in [0.4, 0.5) is 11.4 Å². The molecule has 0 bridgehead atoms. The van der Waals surface area contributed by atoms with Crippen molar-refractivity contribution in [2.45, 2.75) is 6.92 Å². The Kier molecular flexibility index (Phi) is 5.24. The van der Waals surface area contributed by atoms with Gasteiger partial charge in [0.05, 0.1) is 48.8 Å². The Morgan fingerprint density at radius 1 is 1.00 bits per heavy atom. The number of aryl methyl sites for hydroxylation is 1. The van der Waals surface area contributed by atoms with Gasteiger partial charge in [-0.1, -0.05) is 11.6 Å². The summed E-state index contributed by atoms with van der Waals surface area (Å²) in [5, 5.41) is 14.0. The number of fused-ring (bicyclic) bond motifs is 1. The number of benzene rings is 2. The number of hydrogen-bond donors (Lipinski definition) is 1. The van der Waals surface area contributed by atoms with Crippen LogP contribution in [0.3, 0.4) is 0 Å². The number of nitrogens with one attached hydrogen (secondary N) is 1. The second-order valence-electron chi connectivity index (χ2n) is 5.81. The maximum absolute atomic E-state index is 9.55. The lowest BCUT2D eigenvalue weighted by atomic mass is 10.1. The van der Waals surface area contributed by atoms with Gasteiger partial charge >= 0.3 is 0 Å². The van der Waals surface area contributed by atoms with Crippen molar-refractivity contribution in [2.75, 3.05) is 26.6 Å². The first-order chi connectivity index (χ1) is 13.0. The molecular weight excluding hydrogens is 366 g/mol. The van der Waals surface area contributed by atoms with Gasteiger partial charge in [0, 0.05) is 23.7 Å². The zero-order valence-electron chi connectivity index (χ0n) is 15.4. The van der Waals surface area contributed by atoms with Crippen LogP contribution in [0.25, 0.3) is 10.9 Å². The summed E-state index contributed by atoms with van der Waals surface area (Å²) in [4.78, 5) is 4.35. The Hall–Kier alpha value is -3.17. The number of nitriles is 1. The van der Waals surface area contributed by atoms with Crippen molar-refractivity contribution >= 4 is 33.9 Å². The third-order valence-corrected chi connectivity index (χ3v) is 4.55. The molecule has 27 heavy (non-hydrogen) atoms. The molecule has 0 aliphatic carbocycles. The Morgan fingerprint density at radius 3 is 2.30 bits per heavy atom. The van der Waals surface area contributed by atoms with Gasteiger partial charge in [0.1, 0.15) is 11.8 Å². The summed E-state index contributed by atoms with van der Waals surface area (Å²) < 4.78 is 16.1. The summed E-state index contributed by atoms with van der Waals surface area (Å²) in [5.41, 5.74) is 3.16. The van der Waals surface area contributed by atoms with E-state index in [0.29, 0.717) is 50.1 Å². The summed E-state index contributed by atoms with van der Waals surface area (Å²) in [7, 11) is 4.71. The molecule has 0 atom stereocenters. The number of hydrogen-bond acceptors (Lipinski definition) is 6. The second kappa shape index (κ2) is 7.60. The van der Waals surface area contributed by atoms with Gasteiger partial charge in [-0.2, -0.15) is 5.26 Å². The van der Waals surface area contributed by atoms with Gasteiger partial charge in [-0.15, -0.1) is 0 Å². The molecule has 2 aromatic carbocycles. The van der Waals surface area contributed by atoms with Gasteiger partial charge in [0.2, 0.25) is 0 Å². The van der Waals surface area contributed by atoms with Crippen LogP contribution in [0, 0.1) is 18.3 Å². The van der Waals surface area contributed by atoms with Gasteiger partial charge < -0.3 is 19.5 Å². The first kappa shape index (κ1) is 18.6. The molecular formula is C20H18ClN3O3. The molecule has 0 amide bonds. The lowest BCUT2D eigenvalue weighted by molar-refractivity contribution is 0.356. The summed E-state index contributed by atoms with van der Waals surface area (Å²) in [5.74, 6) is 1.79. The highest BCUT2D eigenvalue weighted by Gasteiger charge is 2.16. The number of halogens is 1. The molecule has 138 valence electrons. The van der Waals surface area contributed by atoms with Crippen molar-refractivity contribution in [1.82, 2.24) is 4.98 Å². The molecule has 0 aliphatic rings. The number of nitrogens with zero attached hydrogens (tertiary/aromatic N) is 2. The molecule has 0 spiro atoms. The van der Waals surface area contributed by atoms with E-state index in [1.54, 1.807) is 39.5 Å². The molecule has 0 aliphatic heterocycles. The maximum atomic E-state index is 9.55. The molecule has 1 heterocycles. The summed E-state index contributed by atoms with van der Waals surface area (Å²) in [6, 6.07) is 9.31. The molecule has 0 fully saturated rings. The molecule has 0 unspecified atom stereocenters. The van der Waals surface area contributed by atoms with Crippen LogP contribution >= 0.6 is 11.6 Å². The molecule has 1 N–H and O–H groups in total. The summed E-state index contributed by atoms with van der Waals surface area (Å²) in [6.45, 7) is 1.91. The normalized spacial score (nSPS) is 10.4. The van der Waals surface area contributed by atoms with E-state index < -0.39 is 0 Å². The van der Waals surface area contributed by atoms with Crippen molar-refractivity contribution in [3.63, 3.8) is 0 Å². The first-order valence-electron chi connectivity index (χ1n) is 8.08. The van der Waals surface area contributed by atoms with Crippen molar-refractivity contribution in [3.05, 3.63) is 46.6 Å². The summed E-state index contributed by atoms with van der Waals surface area (Å²) in [6.07, 6.45) is 1.51. The fraction of sp³-hybridized carbons (Fsp3) is 0.200. The zero-order chi connectivity index (χ0) is 19.6. The Morgan fingerprint density at radius 2 is 1.67 bits per heavy atom. The quantitative estimate of drug-likeness (QED) is 0.679. The Labute approximate surface area is 162 Å². The number of anilines is 2. The van der Waals surface area contributed by atoms with Gasteiger partial charge in [0.15, 0.2) is 11.5 Å². The molecule has 3 aromatic rings. The van der Waals surface area contributed by atoms with Crippen molar-refractivity contribution in [3.8, 4) is 23.3 Å². The van der Waals surface area contributed by atoms with Crippen LogP contribution in [0.1, 0.15) is 11.1 Å². The van der Waals surface area contributed by atoms with Gasteiger partial charge in [-0.25, -0.2) is 0 Å². The highest BCUT2D eigenvalue weighted by Crippen LogP contribution is 2.39. The summed E-state index contributed by atoms with van der Waals surface area (Å²) >= 11 is 6.40. The molecule has 6 nitrogen and oxygen atoms in total. The largest absolute Gasteiger partial charge is 0.496 e. The van der Waals surface area contributed by atoms with E-state index in [2.05, 4.69) is 16.4 Å². The van der Waals surface area contributed by atoms with Crippen molar-refractivity contribution < 1.29 is 14.2 Å². The Balaban J connectivity index is 2.22. The number of ether oxygens (including phenoxy) is 3. The minimum Gasteiger partial charge on any atom is -0.496 e. The fourth-order valence-electron chi connectivity index (χ4n) is 2.84. The molecule has 0 radical (unpaired) electrons. The standard InChI is InChI=1S/C20H18ClN3O3/c1-11-5-14(21)16(8-17(11)25-2)24-20-12(9-22)10-23-15-7-19(27-4)18(26-3)6-13(15)20/h5-8,10H,1-4H3,(H,23,24). The van der Waals surface area contributed by atoms with E-state index in [1.165, 1.54) is 6.20 Å². The van der Waals surface area contributed by atoms with Crippen LogP contribution in [0.5, 0.6) is 17.2 Å². The highest BCUT2D eigenvalue weighted by molar-refractivity contribution is 6.33. The van der Waals surface area contributed by atoms with E-state index in [0.717, 1.165) is 5.56 Å². The number of pyridine rings is 1. The lowest BCUT2D eigenvalue weighted by Gasteiger charge is -2.16. The number of aromatic nitrogens is 1. The van der Waals surface area contributed by atoms with Crippen LogP contribution in [-0.4, -0.2) is 26.3 Å². The van der Waals surface area contributed by atoms with Crippen LogP contribution < -0.4 is 19.5 Å². The first-order valence-corrected chi connectivity index (χ1v) is 8.46. The molecule has 7 heteroatoms. The topological polar surface area (TPSA) is 76.4 Å². The van der Waals surface area contributed by atoms with Gasteiger partial charge in [-0.05, 0) is 24.6 Å². The predicted octanol–water partition coefficient (Wildman–Crippen LogP) is 4.84. The number of rotatable bonds is 5. The molecule has 1 aromatic heterocycles. The van der Waals surface area contributed by atoms with E-state index in [1.807, 2.05) is 13.0 Å². The average molecular weight is 384 g/mol. The maximum Gasteiger partial charge on any atom is 0.162 e.